The number of hydrogen-bond donors (Lipinski definition) is 0. The Morgan fingerprint density at radius 2 is 1.88 bits per heavy atom. The number of rotatable bonds is 0. The van der Waals surface area contributed by atoms with Crippen LogP contribution >= 0.6 is 31.9 Å². The molecule has 0 saturated carbocycles. The van der Waals surface area contributed by atoms with Crippen LogP contribution in [0.4, 0.5) is 0 Å². The highest BCUT2D eigenvalue weighted by molar-refractivity contribution is 9.19. The first kappa shape index (κ1) is 8.30. The van der Waals surface area contributed by atoms with Crippen LogP contribution in [-0.2, 0) is 0 Å². The van der Waals surface area contributed by atoms with Gasteiger partial charge in [0.2, 0.25) is 0 Å². The van der Waals surface area contributed by atoms with Crippen molar-refractivity contribution >= 4 is 41.2 Å². The maximum atomic E-state index is 3.90. The zero-order valence-corrected chi connectivity index (χ0v) is 7.82. The fourth-order valence-electron chi connectivity index (χ4n) is 0.177. The average Bonchev–Trinajstić information content (AvgIpc) is 1.65. The highest BCUT2D eigenvalue weighted by Gasteiger charge is 1.83. The smallest absolute Gasteiger partial charge is 0.192 e. The Morgan fingerprint density at radius 1 is 1.38 bits per heavy atom. The van der Waals surface area contributed by atoms with Gasteiger partial charge in [0.1, 0.15) is 0 Å². The van der Waals surface area contributed by atoms with E-state index in [0.29, 0.717) is 4.74 Å². The molecule has 0 saturated heterocycles. The molecule has 0 N–H and O–H groups in total. The zero-order valence-electron chi connectivity index (χ0n) is 4.65. The predicted molar refractivity (Wildman–Crippen MR) is 44.3 cm³/mol. The summed E-state index contributed by atoms with van der Waals surface area (Å²) in [5, 5.41) is 0. The first-order chi connectivity index (χ1) is 3.66. The number of amidine groups is 1. The van der Waals surface area contributed by atoms with Crippen molar-refractivity contribution < 1.29 is 0 Å². The van der Waals surface area contributed by atoms with E-state index in [1.165, 1.54) is 0 Å². The van der Waals surface area contributed by atoms with Gasteiger partial charge >= 0.3 is 0 Å². The Labute approximate surface area is 65.4 Å². The molecule has 0 aromatic rings. The standard InChI is InChI=1S/C4H6Br2N2/c1-3(5)8-4(6)7-2/h1-2H3/b7-4-,8-3+. The number of halogens is 2. The minimum Gasteiger partial charge on any atom is -0.264 e. The molecule has 2 nitrogen and oxygen atoms in total. The van der Waals surface area contributed by atoms with E-state index in [0.717, 1.165) is 4.62 Å². The molecule has 0 aromatic heterocycles. The van der Waals surface area contributed by atoms with Crippen LogP contribution in [0.25, 0.3) is 0 Å². The van der Waals surface area contributed by atoms with Gasteiger partial charge in [-0.3, -0.25) is 4.99 Å². The summed E-state index contributed by atoms with van der Waals surface area (Å²) < 4.78 is 1.42. The van der Waals surface area contributed by atoms with Crippen molar-refractivity contribution in [2.24, 2.45) is 9.98 Å². The summed E-state index contributed by atoms with van der Waals surface area (Å²) in [7, 11) is 1.67. The molecule has 46 valence electrons. The first-order valence-electron chi connectivity index (χ1n) is 2.00. The van der Waals surface area contributed by atoms with Gasteiger partial charge in [0, 0.05) is 7.05 Å². The summed E-state index contributed by atoms with van der Waals surface area (Å²) in [6, 6.07) is 0. The molecule has 4 heteroatoms. The quantitative estimate of drug-likeness (QED) is 0.353. The van der Waals surface area contributed by atoms with Crippen molar-refractivity contribution in [1.82, 2.24) is 0 Å². The van der Waals surface area contributed by atoms with E-state index < -0.39 is 0 Å². The van der Waals surface area contributed by atoms with Gasteiger partial charge in [-0.25, -0.2) is 4.99 Å². The van der Waals surface area contributed by atoms with Gasteiger partial charge in [-0.15, -0.1) is 0 Å². The topological polar surface area (TPSA) is 24.7 Å². The Bertz CT molecular complexity index is 124. The minimum atomic E-state index is 0.604. The molecule has 0 heterocycles. The van der Waals surface area contributed by atoms with Crippen molar-refractivity contribution in [1.29, 1.82) is 0 Å². The average molecular weight is 242 g/mol. The van der Waals surface area contributed by atoms with E-state index in [9.17, 15) is 0 Å². The Kier molecular flexibility index (Phi) is 4.36. The fraction of sp³-hybridized carbons (Fsp3) is 0.500. The van der Waals surface area contributed by atoms with E-state index in [1.807, 2.05) is 6.92 Å². The molecule has 0 aliphatic heterocycles. The SMILES string of the molecule is C/N=C(Br)\N=C(/C)Br. The molecular weight excluding hydrogens is 236 g/mol. The molecule has 0 fully saturated rings. The van der Waals surface area contributed by atoms with Crippen LogP contribution < -0.4 is 0 Å². The normalized spacial score (nSPS) is 14.5. The molecule has 0 unspecified atom stereocenters. The summed E-state index contributed by atoms with van der Waals surface area (Å²) in [5.41, 5.74) is 0. The number of aliphatic imine (C=N–C) groups is 2. The minimum absolute atomic E-state index is 0.604. The Balaban J connectivity index is 3.89. The van der Waals surface area contributed by atoms with Gasteiger partial charge in [0.25, 0.3) is 0 Å². The Hall–Kier alpha value is 0.300. The molecule has 0 bridgehead atoms. The highest BCUT2D eigenvalue weighted by atomic mass is 79.9. The maximum Gasteiger partial charge on any atom is 0.192 e. The molecule has 0 atom stereocenters. The zero-order chi connectivity index (χ0) is 6.57. The van der Waals surface area contributed by atoms with Crippen molar-refractivity contribution in [3.8, 4) is 0 Å². The van der Waals surface area contributed by atoms with Crippen LogP contribution in [0.3, 0.4) is 0 Å². The van der Waals surface area contributed by atoms with Gasteiger partial charge in [-0.05, 0) is 38.8 Å². The summed E-state index contributed by atoms with van der Waals surface area (Å²) in [5.74, 6) is 0. The molecule has 0 spiro atoms. The van der Waals surface area contributed by atoms with Crippen LogP contribution in [0.2, 0.25) is 0 Å². The maximum absolute atomic E-state index is 3.90. The van der Waals surface area contributed by atoms with Crippen LogP contribution in [-0.4, -0.2) is 16.4 Å². The van der Waals surface area contributed by atoms with Gasteiger partial charge in [0.15, 0.2) is 4.74 Å². The second-order valence-corrected chi connectivity index (χ2v) is 2.96. The van der Waals surface area contributed by atoms with Crippen LogP contribution in [0.5, 0.6) is 0 Å². The first-order valence-corrected chi connectivity index (χ1v) is 3.58. The molecule has 0 radical (unpaired) electrons. The lowest BCUT2D eigenvalue weighted by Crippen LogP contribution is -1.82. The van der Waals surface area contributed by atoms with Crippen LogP contribution in [0, 0.1) is 0 Å². The second-order valence-electron chi connectivity index (χ2n) is 1.10. The van der Waals surface area contributed by atoms with E-state index in [2.05, 4.69) is 41.8 Å². The summed E-state index contributed by atoms with van der Waals surface area (Å²) >= 11 is 6.26. The van der Waals surface area contributed by atoms with Crippen molar-refractivity contribution in [2.45, 2.75) is 6.92 Å². The molecule has 0 aliphatic rings. The second kappa shape index (κ2) is 4.21. The summed E-state index contributed by atoms with van der Waals surface area (Å²) in [6.45, 7) is 1.84. The van der Waals surface area contributed by atoms with Gasteiger partial charge in [-0.2, -0.15) is 0 Å². The van der Waals surface area contributed by atoms with Crippen molar-refractivity contribution in [3.05, 3.63) is 0 Å². The van der Waals surface area contributed by atoms with E-state index >= 15 is 0 Å². The molecule has 0 rings (SSSR count). The monoisotopic (exact) mass is 240 g/mol. The number of nitrogens with zero attached hydrogens (tertiary/aromatic N) is 2. The molecule has 0 aromatic carbocycles. The Morgan fingerprint density at radius 3 is 2.00 bits per heavy atom. The largest absolute Gasteiger partial charge is 0.264 e. The highest BCUT2D eigenvalue weighted by Crippen LogP contribution is 1.94. The summed E-state index contributed by atoms with van der Waals surface area (Å²) in [6.07, 6.45) is 0. The third-order valence-corrected chi connectivity index (χ3v) is 1.14. The van der Waals surface area contributed by atoms with Gasteiger partial charge in [-0.1, -0.05) is 0 Å². The number of hydrogen-bond acceptors (Lipinski definition) is 1. The third kappa shape index (κ3) is 4.46. The van der Waals surface area contributed by atoms with Crippen molar-refractivity contribution in [2.75, 3.05) is 7.05 Å². The van der Waals surface area contributed by atoms with Gasteiger partial charge < -0.3 is 0 Å². The lowest BCUT2D eigenvalue weighted by atomic mass is 10.9. The fourth-order valence-corrected chi connectivity index (χ4v) is 0.849. The van der Waals surface area contributed by atoms with E-state index in [-0.39, 0.29) is 0 Å². The molecular formula is C4H6Br2N2. The van der Waals surface area contributed by atoms with Crippen LogP contribution in [0.1, 0.15) is 6.92 Å². The van der Waals surface area contributed by atoms with Crippen LogP contribution in [0.15, 0.2) is 9.98 Å². The molecule has 0 amide bonds. The third-order valence-electron chi connectivity index (χ3n) is 0.431. The van der Waals surface area contributed by atoms with Gasteiger partial charge in [0.05, 0.1) is 4.62 Å². The molecule has 8 heavy (non-hydrogen) atoms. The van der Waals surface area contributed by atoms with E-state index in [4.69, 9.17) is 0 Å². The molecule has 0 aliphatic carbocycles. The van der Waals surface area contributed by atoms with Crippen molar-refractivity contribution in [3.63, 3.8) is 0 Å². The predicted octanol–water partition coefficient (Wildman–Crippen LogP) is 2.18. The van der Waals surface area contributed by atoms with E-state index in [1.54, 1.807) is 7.05 Å². The lowest BCUT2D eigenvalue weighted by molar-refractivity contribution is 1.44. The lowest BCUT2D eigenvalue weighted by Gasteiger charge is -1.83. The summed E-state index contributed by atoms with van der Waals surface area (Å²) in [4.78, 5) is 7.64.